The van der Waals surface area contributed by atoms with Crippen molar-refractivity contribution in [2.45, 2.75) is 37.8 Å². The van der Waals surface area contributed by atoms with Crippen LogP contribution in [-0.2, 0) is 26.2 Å². The highest BCUT2D eigenvalue weighted by molar-refractivity contribution is 7.92. The van der Waals surface area contributed by atoms with Gasteiger partial charge in [0.05, 0.1) is 15.5 Å². The monoisotopic (exact) mass is 556 g/mol. The highest BCUT2D eigenvalue weighted by Gasteiger charge is 2.32. The molecule has 0 aromatic heterocycles. The Morgan fingerprint density at radius 3 is 2.18 bits per heavy atom. The fraction of sp³-hybridized carbons (Fsp3) is 0.259. The summed E-state index contributed by atoms with van der Waals surface area (Å²) < 4.78 is 41.6. The van der Waals surface area contributed by atoms with Crippen LogP contribution < -0.4 is 9.62 Å². The number of non-ortho nitro benzene ring substituents is 1. The molecule has 12 heteroatoms. The van der Waals surface area contributed by atoms with E-state index in [2.05, 4.69) is 5.32 Å². The number of amides is 2. The number of nitrogens with one attached hydrogen (secondary N) is 1. The summed E-state index contributed by atoms with van der Waals surface area (Å²) in [5, 5.41) is 13.9. The molecule has 0 bridgehead atoms. The molecule has 0 aliphatic rings. The minimum Gasteiger partial charge on any atom is -0.354 e. The molecule has 0 fully saturated rings. The molecule has 0 heterocycles. The first-order valence-corrected chi connectivity index (χ1v) is 13.6. The lowest BCUT2D eigenvalue weighted by Crippen LogP contribution is -2.51. The number of carbonyl (C=O) groups excluding carboxylic acids is 2. The Kier molecular flexibility index (Phi) is 9.72. The fourth-order valence-electron chi connectivity index (χ4n) is 3.75. The van der Waals surface area contributed by atoms with Crippen molar-refractivity contribution in [2.75, 3.05) is 17.4 Å². The van der Waals surface area contributed by atoms with Gasteiger partial charge in [-0.05, 0) is 55.3 Å². The van der Waals surface area contributed by atoms with Crippen molar-refractivity contribution in [2.24, 2.45) is 0 Å². The zero-order chi connectivity index (χ0) is 28.6. The standard InChI is InChI=1S/C27H29FN4O6S/c1-3-17-29-27(34)20(2)30(18-21-9-11-22(28)12-10-21)26(33)19-31(23-13-15-24(16-14-23)32(35)36)39(37,38)25-7-5-4-6-8-25/h4-16,20H,3,17-19H2,1-2H3,(H,29,34). The van der Waals surface area contributed by atoms with Crippen LogP contribution in [0, 0.1) is 15.9 Å². The molecule has 39 heavy (non-hydrogen) atoms. The average molecular weight is 557 g/mol. The summed E-state index contributed by atoms with van der Waals surface area (Å²) in [6, 6.07) is 16.6. The van der Waals surface area contributed by atoms with Crippen molar-refractivity contribution in [1.82, 2.24) is 10.2 Å². The molecule has 206 valence electrons. The molecule has 0 saturated heterocycles. The van der Waals surface area contributed by atoms with Crippen LogP contribution in [0.15, 0.2) is 83.8 Å². The number of benzene rings is 3. The predicted octanol–water partition coefficient (Wildman–Crippen LogP) is 3.87. The third kappa shape index (κ3) is 7.38. The Balaban J connectivity index is 2.02. The van der Waals surface area contributed by atoms with Crippen molar-refractivity contribution >= 4 is 33.2 Å². The van der Waals surface area contributed by atoms with Crippen LogP contribution in [0.4, 0.5) is 15.8 Å². The molecule has 0 saturated carbocycles. The molecular weight excluding hydrogens is 527 g/mol. The summed E-state index contributed by atoms with van der Waals surface area (Å²) in [4.78, 5) is 38.2. The number of nitrogens with zero attached hydrogens (tertiary/aromatic N) is 3. The van der Waals surface area contributed by atoms with Gasteiger partial charge in [0.2, 0.25) is 11.8 Å². The minimum absolute atomic E-state index is 0.0302. The first-order chi connectivity index (χ1) is 18.5. The van der Waals surface area contributed by atoms with Gasteiger partial charge in [-0.3, -0.25) is 24.0 Å². The quantitative estimate of drug-likeness (QED) is 0.266. The second-order valence-corrected chi connectivity index (χ2v) is 10.6. The number of nitro groups is 1. The van der Waals surface area contributed by atoms with E-state index in [-0.39, 0.29) is 22.8 Å². The first kappa shape index (κ1) is 29.2. The predicted molar refractivity (Wildman–Crippen MR) is 144 cm³/mol. The van der Waals surface area contributed by atoms with E-state index in [1.807, 2.05) is 6.92 Å². The van der Waals surface area contributed by atoms with Crippen LogP contribution in [0.3, 0.4) is 0 Å². The molecule has 10 nitrogen and oxygen atoms in total. The molecule has 0 aliphatic carbocycles. The molecule has 0 radical (unpaired) electrons. The number of halogens is 1. The number of hydrogen-bond acceptors (Lipinski definition) is 6. The average Bonchev–Trinajstić information content (AvgIpc) is 2.94. The molecule has 0 spiro atoms. The van der Waals surface area contributed by atoms with Gasteiger partial charge < -0.3 is 10.2 Å². The van der Waals surface area contributed by atoms with E-state index < -0.39 is 45.2 Å². The summed E-state index contributed by atoms with van der Waals surface area (Å²) in [6.45, 7) is 3.01. The van der Waals surface area contributed by atoms with E-state index in [9.17, 15) is 32.5 Å². The zero-order valence-electron chi connectivity index (χ0n) is 21.5. The lowest BCUT2D eigenvalue weighted by atomic mass is 10.1. The summed E-state index contributed by atoms with van der Waals surface area (Å²) >= 11 is 0. The SMILES string of the molecule is CCCNC(=O)C(C)N(Cc1ccc(F)cc1)C(=O)CN(c1ccc([N+](=O)[O-])cc1)S(=O)(=O)c1ccccc1. The Hall–Kier alpha value is -4.32. The first-order valence-electron chi connectivity index (χ1n) is 12.2. The normalized spacial score (nSPS) is 11.9. The topological polar surface area (TPSA) is 130 Å². The van der Waals surface area contributed by atoms with Gasteiger partial charge in [0.1, 0.15) is 18.4 Å². The van der Waals surface area contributed by atoms with E-state index in [1.165, 1.54) is 72.5 Å². The van der Waals surface area contributed by atoms with Crippen LogP contribution in [0.1, 0.15) is 25.8 Å². The maximum atomic E-state index is 13.7. The molecule has 2 amide bonds. The van der Waals surface area contributed by atoms with E-state index >= 15 is 0 Å². The molecule has 3 aromatic carbocycles. The maximum absolute atomic E-state index is 13.7. The summed E-state index contributed by atoms with van der Waals surface area (Å²) in [6.07, 6.45) is 0.674. The largest absolute Gasteiger partial charge is 0.354 e. The lowest BCUT2D eigenvalue weighted by molar-refractivity contribution is -0.384. The van der Waals surface area contributed by atoms with Crippen LogP contribution in [0.25, 0.3) is 0 Å². The van der Waals surface area contributed by atoms with Crippen molar-refractivity contribution in [3.05, 3.63) is 100 Å². The highest BCUT2D eigenvalue weighted by atomic mass is 32.2. The molecule has 3 rings (SSSR count). The molecule has 0 aliphatic heterocycles. The fourth-order valence-corrected chi connectivity index (χ4v) is 5.19. The highest BCUT2D eigenvalue weighted by Crippen LogP contribution is 2.26. The van der Waals surface area contributed by atoms with Gasteiger partial charge in [-0.15, -0.1) is 0 Å². The molecule has 1 atom stereocenters. The Bertz CT molecular complexity index is 1400. The molecular formula is C27H29FN4O6S. The molecule has 1 unspecified atom stereocenters. The number of sulfonamides is 1. The van der Waals surface area contributed by atoms with E-state index in [1.54, 1.807) is 6.07 Å². The van der Waals surface area contributed by atoms with Crippen molar-refractivity contribution in [3.63, 3.8) is 0 Å². The maximum Gasteiger partial charge on any atom is 0.269 e. The van der Waals surface area contributed by atoms with Crippen molar-refractivity contribution in [1.29, 1.82) is 0 Å². The lowest BCUT2D eigenvalue weighted by Gasteiger charge is -2.32. The van der Waals surface area contributed by atoms with Crippen molar-refractivity contribution < 1.29 is 27.3 Å². The summed E-state index contributed by atoms with van der Waals surface area (Å²) in [7, 11) is -4.29. The number of anilines is 1. The second-order valence-electron chi connectivity index (χ2n) is 8.71. The minimum atomic E-state index is -4.29. The van der Waals surface area contributed by atoms with E-state index in [4.69, 9.17) is 0 Å². The van der Waals surface area contributed by atoms with E-state index in [0.29, 0.717) is 18.5 Å². The van der Waals surface area contributed by atoms with Crippen molar-refractivity contribution in [3.8, 4) is 0 Å². The molecule has 3 aromatic rings. The molecule has 1 N–H and O–H groups in total. The third-order valence-corrected chi connectivity index (χ3v) is 7.73. The summed E-state index contributed by atoms with van der Waals surface area (Å²) in [5.41, 5.74) is 0.316. The number of hydrogen-bond donors (Lipinski definition) is 1. The van der Waals surface area contributed by atoms with Crippen LogP contribution >= 0.6 is 0 Å². The van der Waals surface area contributed by atoms with Gasteiger partial charge in [0, 0.05) is 25.2 Å². The Morgan fingerprint density at radius 1 is 1.00 bits per heavy atom. The van der Waals surface area contributed by atoms with Crippen LogP contribution in [0.5, 0.6) is 0 Å². The van der Waals surface area contributed by atoms with Crippen LogP contribution in [-0.4, -0.2) is 49.2 Å². The van der Waals surface area contributed by atoms with Gasteiger partial charge in [-0.1, -0.05) is 37.3 Å². The van der Waals surface area contributed by atoms with Gasteiger partial charge in [-0.25, -0.2) is 12.8 Å². The van der Waals surface area contributed by atoms with E-state index in [0.717, 1.165) is 16.4 Å². The Morgan fingerprint density at radius 2 is 1.62 bits per heavy atom. The smallest absolute Gasteiger partial charge is 0.269 e. The Labute approximate surface area is 226 Å². The number of carbonyl (C=O) groups is 2. The van der Waals surface area contributed by atoms with Gasteiger partial charge in [0.15, 0.2) is 0 Å². The van der Waals surface area contributed by atoms with Crippen LogP contribution in [0.2, 0.25) is 0 Å². The van der Waals surface area contributed by atoms with Gasteiger partial charge in [-0.2, -0.15) is 0 Å². The second kappa shape index (κ2) is 13.0. The number of nitro benzene ring substituents is 1. The third-order valence-electron chi connectivity index (χ3n) is 5.94. The number of rotatable bonds is 12. The zero-order valence-corrected chi connectivity index (χ0v) is 22.3. The summed E-state index contributed by atoms with van der Waals surface area (Å²) in [5.74, 6) is -1.60. The van der Waals surface area contributed by atoms with Gasteiger partial charge in [0.25, 0.3) is 15.7 Å². The van der Waals surface area contributed by atoms with Gasteiger partial charge >= 0.3 is 0 Å².